The molecule has 1 fully saturated rings. The van der Waals surface area contributed by atoms with E-state index >= 15 is 0 Å². The fourth-order valence-corrected chi connectivity index (χ4v) is 2.44. The summed E-state index contributed by atoms with van der Waals surface area (Å²) in [7, 11) is 1.67. The zero-order valence-corrected chi connectivity index (χ0v) is 11.3. The van der Waals surface area contributed by atoms with Gasteiger partial charge in [0.05, 0.1) is 10.6 Å². The van der Waals surface area contributed by atoms with Crippen molar-refractivity contribution in [3.63, 3.8) is 0 Å². The summed E-state index contributed by atoms with van der Waals surface area (Å²) < 4.78 is 10.8. The first-order chi connectivity index (χ1) is 9.14. The maximum absolute atomic E-state index is 6.12. The van der Waals surface area contributed by atoms with E-state index in [-0.39, 0.29) is 0 Å². The van der Waals surface area contributed by atoms with Crippen molar-refractivity contribution in [2.45, 2.75) is 24.9 Å². The second-order valence-electron chi connectivity index (χ2n) is 4.71. The molecule has 0 bridgehead atoms. The van der Waals surface area contributed by atoms with Crippen LogP contribution in [0.2, 0.25) is 5.02 Å². The van der Waals surface area contributed by atoms with Crippen molar-refractivity contribution in [2.24, 2.45) is 0 Å². The fraction of sp³-hybridized carbons (Fsp3) is 0.385. The van der Waals surface area contributed by atoms with E-state index in [1.54, 1.807) is 25.3 Å². The van der Waals surface area contributed by atoms with Crippen LogP contribution in [-0.4, -0.2) is 17.3 Å². The monoisotopic (exact) mass is 279 g/mol. The van der Waals surface area contributed by atoms with Crippen molar-refractivity contribution < 1.29 is 9.26 Å². The highest BCUT2D eigenvalue weighted by Gasteiger charge is 2.43. The number of anilines is 1. The Morgan fingerprint density at radius 3 is 2.84 bits per heavy atom. The number of aromatic nitrogens is 2. The van der Waals surface area contributed by atoms with Gasteiger partial charge in [-0.05, 0) is 37.5 Å². The number of hydrogen-bond acceptors (Lipinski definition) is 5. The van der Waals surface area contributed by atoms with E-state index < -0.39 is 5.60 Å². The summed E-state index contributed by atoms with van der Waals surface area (Å²) in [5.41, 5.74) is 6.60. The molecular weight excluding hydrogens is 266 g/mol. The molecule has 0 aliphatic heterocycles. The smallest absolute Gasteiger partial charge is 0.259 e. The molecule has 3 rings (SSSR count). The first kappa shape index (κ1) is 12.4. The number of ether oxygens (including phenoxy) is 1. The highest BCUT2D eigenvalue weighted by atomic mass is 35.5. The lowest BCUT2D eigenvalue weighted by Crippen LogP contribution is -2.37. The molecule has 1 saturated carbocycles. The molecule has 5 nitrogen and oxygen atoms in total. The normalized spacial score (nSPS) is 17.2. The zero-order chi connectivity index (χ0) is 13.5. The Morgan fingerprint density at radius 2 is 2.21 bits per heavy atom. The second-order valence-corrected chi connectivity index (χ2v) is 5.12. The van der Waals surface area contributed by atoms with Crippen LogP contribution in [0, 0.1) is 0 Å². The Labute approximate surface area is 115 Å². The predicted molar refractivity (Wildman–Crippen MR) is 71.7 cm³/mol. The molecule has 2 aromatic rings. The summed E-state index contributed by atoms with van der Waals surface area (Å²) in [6.45, 7) is 0. The summed E-state index contributed by atoms with van der Waals surface area (Å²) in [5, 5.41) is 4.55. The first-order valence-corrected chi connectivity index (χ1v) is 6.47. The number of benzene rings is 1. The molecule has 1 aromatic heterocycles. The predicted octanol–water partition coefficient (Wildman–Crippen LogP) is 3.00. The number of nitrogen functional groups attached to an aromatic ring is 1. The van der Waals surface area contributed by atoms with Crippen LogP contribution in [0.15, 0.2) is 22.7 Å². The van der Waals surface area contributed by atoms with Crippen LogP contribution >= 0.6 is 11.6 Å². The van der Waals surface area contributed by atoms with Crippen LogP contribution in [0.25, 0.3) is 11.5 Å². The van der Waals surface area contributed by atoms with Crippen molar-refractivity contribution in [1.82, 2.24) is 10.1 Å². The Morgan fingerprint density at radius 1 is 1.42 bits per heavy atom. The van der Waals surface area contributed by atoms with Gasteiger partial charge >= 0.3 is 0 Å². The summed E-state index contributed by atoms with van der Waals surface area (Å²) in [6.07, 6.45) is 2.93. The van der Waals surface area contributed by atoms with Crippen molar-refractivity contribution >= 4 is 17.3 Å². The van der Waals surface area contributed by atoms with Crippen molar-refractivity contribution in [3.05, 3.63) is 29.0 Å². The van der Waals surface area contributed by atoms with Gasteiger partial charge in [0.2, 0.25) is 5.82 Å². The molecule has 19 heavy (non-hydrogen) atoms. The van der Waals surface area contributed by atoms with E-state index in [1.165, 1.54) is 0 Å². The lowest BCUT2D eigenvalue weighted by molar-refractivity contribution is -0.0858. The number of nitrogens with two attached hydrogens (primary N) is 1. The second kappa shape index (κ2) is 4.51. The molecule has 1 aliphatic carbocycles. The zero-order valence-electron chi connectivity index (χ0n) is 10.5. The molecule has 1 aliphatic rings. The third-order valence-electron chi connectivity index (χ3n) is 3.61. The van der Waals surface area contributed by atoms with Gasteiger partial charge in [-0.15, -0.1) is 0 Å². The van der Waals surface area contributed by atoms with E-state index in [9.17, 15) is 0 Å². The van der Waals surface area contributed by atoms with Crippen LogP contribution in [0.3, 0.4) is 0 Å². The van der Waals surface area contributed by atoms with Gasteiger partial charge in [0.1, 0.15) is 5.60 Å². The standard InChI is InChI=1S/C13H14ClN3O2/c1-18-13(5-2-6-13)12-16-11(19-17-12)9-7-8(15)3-4-10(9)14/h3-4,7H,2,5-6,15H2,1H3. The van der Waals surface area contributed by atoms with Gasteiger partial charge in [-0.1, -0.05) is 16.8 Å². The van der Waals surface area contributed by atoms with E-state index in [0.29, 0.717) is 28.0 Å². The third-order valence-corrected chi connectivity index (χ3v) is 3.94. The van der Waals surface area contributed by atoms with E-state index in [0.717, 1.165) is 19.3 Å². The molecule has 0 unspecified atom stereocenters. The minimum absolute atomic E-state index is 0.371. The van der Waals surface area contributed by atoms with Gasteiger partial charge in [0.15, 0.2) is 0 Å². The average molecular weight is 280 g/mol. The van der Waals surface area contributed by atoms with E-state index in [2.05, 4.69) is 10.1 Å². The molecule has 0 atom stereocenters. The molecule has 0 saturated heterocycles. The number of hydrogen-bond donors (Lipinski definition) is 1. The number of halogens is 1. The summed E-state index contributed by atoms with van der Waals surface area (Å²) in [5.74, 6) is 0.949. The first-order valence-electron chi connectivity index (χ1n) is 6.09. The summed E-state index contributed by atoms with van der Waals surface area (Å²) >= 11 is 6.12. The lowest BCUT2D eigenvalue weighted by Gasteiger charge is -2.37. The maximum atomic E-state index is 6.12. The van der Waals surface area contributed by atoms with Crippen LogP contribution in [-0.2, 0) is 10.3 Å². The number of methoxy groups -OCH3 is 1. The van der Waals surface area contributed by atoms with Crippen molar-refractivity contribution in [1.29, 1.82) is 0 Å². The van der Waals surface area contributed by atoms with Gasteiger partial charge in [0, 0.05) is 12.8 Å². The Bertz CT molecular complexity index is 602. The molecule has 100 valence electrons. The van der Waals surface area contributed by atoms with Crippen LogP contribution < -0.4 is 5.73 Å². The number of rotatable bonds is 3. The van der Waals surface area contributed by atoms with Crippen molar-refractivity contribution in [2.75, 3.05) is 12.8 Å². The topological polar surface area (TPSA) is 74.2 Å². The molecule has 2 N–H and O–H groups in total. The van der Waals surface area contributed by atoms with Gasteiger partial charge < -0.3 is 15.0 Å². The Hall–Kier alpha value is -1.59. The molecule has 0 amide bonds. The van der Waals surface area contributed by atoms with Gasteiger partial charge in [-0.2, -0.15) is 4.98 Å². The summed E-state index contributed by atoms with van der Waals surface area (Å²) in [4.78, 5) is 4.40. The number of nitrogens with zero attached hydrogens (tertiary/aromatic N) is 2. The quantitative estimate of drug-likeness (QED) is 0.874. The highest BCUT2D eigenvalue weighted by Crippen LogP contribution is 2.43. The fourth-order valence-electron chi connectivity index (χ4n) is 2.24. The minimum Gasteiger partial charge on any atom is -0.399 e. The molecule has 1 heterocycles. The average Bonchev–Trinajstić information content (AvgIpc) is 2.81. The Kier molecular flexibility index (Phi) is 2.95. The van der Waals surface area contributed by atoms with E-state index in [4.69, 9.17) is 26.6 Å². The SMILES string of the molecule is COC1(c2noc(-c3cc(N)ccc3Cl)n2)CCC1. The molecule has 1 aromatic carbocycles. The van der Waals surface area contributed by atoms with E-state index in [1.807, 2.05) is 0 Å². The van der Waals surface area contributed by atoms with Crippen molar-refractivity contribution in [3.8, 4) is 11.5 Å². The Balaban J connectivity index is 1.99. The molecular formula is C13H14ClN3O2. The van der Waals surface area contributed by atoms with Gasteiger partial charge in [0.25, 0.3) is 5.89 Å². The van der Waals surface area contributed by atoms with Gasteiger partial charge in [-0.3, -0.25) is 0 Å². The van der Waals surface area contributed by atoms with Gasteiger partial charge in [-0.25, -0.2) is 0 Å². The third kappa shape index (κ3) is 1.99. The van der Waals surface area contributed by atoms with Crippen LogP contribution in [0.5, 0.6) is 0 Å². The largest absolute Gasteiger partial charge is 0.399 e. The van der Waals surface area contributed by atoms with Crippen LogP contribution in [0.4, 0.5) is 5.69 Å². The highest BCUT2D eigenvalue weighted by molar-refractivity contribution is 6.33. The molecule has 6 heteroatoms. The summed E-state index contributed by atoms with van der Waals surface area (Å²) in [6, 6.07) is 5.16. The lowest BCUT2D eigenvalue weighted by atomic mass is 9.79. The minimum atomic E-state index is -0.394. The van der Waals surface area contributed by atoms with Crippen LogP contribution in [0.1, 0.15) is 25.1 Å². The molecule has 0 radical (unpaired) electrons. The molecule has 0 spiro atoms. The maximum Gasteiger partial charge on any atom is 0.259 e.